The number of carbonyl (C=O) groups is 4. The zero-order valence-corrected chi connectivity index (χ0v) is 31.6. The van der Waals surface area contributed by atoms with E-state index in [2.05, 4.69) is 16.0 Å². The number of benzene rings is 3. The van der Waals surface area contributed by atoms with Crippen molar-refractivity contribution in [3.8, 4) is 0 Å². The lowest BCUT2D eigenvalue weighted by Gasteiger charge is -2.32. The van der Waals surface area contributed by atoms with E-state index in [4.69, 9.17) is 9.47 Å². The first-order valence-electron chi connectivity index (χ1n) is 18.6. The monoisotopic (exact) mass is 728 g/mol. The van der Waals surface area contributed by atoms with Crippen LogP contribution >= 0.6 is 0 Å². The summed E-state index contributed by atoms with van der Waals surface area (Å²) in [5.41, 5.74) is 1.92. The second-order valence-corrected chi connectivity index (χ2v) is 15.1. The van der Waals surface area contributed by atoms with Crippen LogP contribution in [0.1, 0.15) is 57.7 Å². The van der Waals surface area contributed by atoms with Gasteiger partial charge in [-0.1, -0.05) is 105 Å². The van der Waals surface area contributed by atoms with Crippen LogP contribution in [0.25, 0.3) is 0 Å². The summed E-state index contributed by atoms with van der Waals surface area (Å²) in [6.07, 6.45) is -0.945. The van der Waals surface area contributed by atoms with E-state index in [-0.39, 0.29) is 31.1 Å². The Morgan fingerprint density at radius 3 is 1.75 bits per heavy atom. The van der Waals surface area contributed by atoms with Crippen molar-refractivity contribution in [2.75, 3.05) is 26.3 Å². The predicted octanol–water partition coefficient (Wildman–Crippen LogP) is 4.46. The molecular weight excluding hydrogens is 672 g/mol. The second kappa shape index (κ2) is 19.9. The summed E-state index contributed by atoms with van der Waals surface area (Å²) in [5.74, 6) is -2.18. The maximum atomic E-state index is 14.2. The highest BCUT2D eigenvalue weighted by Crippen LogP contribution is 2.21. The molecule has 1 heterocycles. The summed E-state index contributed by atoms with van der Waals surface area (Å²) < 4.78 is 11.0. The molecule has 11 nitrogen and oxygen atoms in total. The molecule has 1 fully saturated rings. The number of alkyl carbamates (subject to hydrolysis) is 1. The number of nitrogens with one attached hydrogen (secondary N) is 3. The summed E-state index contributed by atoms with van der Waals surface area (Å²) >= 11 is 0. The summed E-state index contributed by atoms with van der Waals surface area (Å²) in [5, 5.41) is 20.5. The first kappa shape index (κ1) is 41.0. The van der Waals surface area contributed by atoms with E-state index in [0.29, 0.717) is 32.7 Å². The van der Waals surface area contributed by atoms with Crippen molar-refractivity contribution in [1.29, 1.82) is 0 Å². The van der Waals surface area contributed by atoms with Gasteiger partial charge >= 0.3 is 6.09 Å². The smallest absolute Gasteiger partial charge is 0.407 e. The van der Waals surface area contributed by atoms with Gasteiger partial charge in [-0.3, -0.25) is 14.4 Å². The molecule has 0 spiro atoms. The molecule has 5 atom stereocenters. The number of aliphatic hydroxyl groups is 1. The minimum absolute atomic E-state index is 0.00733. The molecule has 1 unspecified atom stereocenters. The number of carbonyl (C=O) groups excluding carboxylic acids is 4. The lowest BCUT2D eigenvalue weighted by Crippen LogP contribution is -2.58. The summed E-state index contributed by atoms with van der Waals surface area (Å²) in [6, 6.07) is 25.8. The van der Waals surface area contributed by atoms with Gasteiger partial charge in [0.1, 0.15) is 17.7 Å². The number of ether oxygens (including phenoxy) is 2. The summed E-state index contributed by atoms with van der Waals surface area (Å²) in [6.45, 7) is 10.7. The lowest BCUT2D eigenvalue weighted by molar-refractivity contribution is -0.141. The van der Waals surface area contributed by atoms with Crippen LogP contribution < -0.4 is 16.0 Å². The van der Waals surface area contributed by atoms with Crippen LogP contribution in [0, 0.1) is 11.8 Å². The zero-order chi connectivity index (χ0) is 38.4. The number of hydrogen-bond acceptors (Lipinski definition) is 7. The number of aliphatic hydroxyl groups excluding tert-OH is 1. The minimum atomic E-state index is -1.14. The molecule has 1 aliphatic rings. The average molecular weight is 729 g/mol. The molecule has 4 rings (SSSR count). The van der Waals surface area contributed by atoms with Gasteiger partial charge in [-0.15, -0.1) is 0 Å². The van der Waals surface area contributed by atoms with Crippen molar-refractivity contribution in [2.45, 2.75) is 90.1 Å². The molecule has 1 saturated heterocycles. The Labute approximate surface area is 313 Å². The standard InChI is InChI=1S/C42H56N4O7/c1-29(2)37(39(49)43-35(27-32-19-13-8-14-20-32)40(50)46-21-23-52-24-22-46)45-38(48)33(25-30-15-9-6-10-16-30)28-36(47)34(26-31-17-11-7-12-18-31)44-41(51)53-42(3,4)5/h6-20,29,33-37,47H,21-28H2,1-5H3,(H,43,49)(H,44,51)(H,45,48)/t33?,34-,35-,36-,37-/m0/s1. The first-order valence-corrected chi connectivity index (χ1v) is 18.6. The molecule has 0 aromatic heterocycles. The SMILES string of the molecule is CC(C)[C@H](NC(=O)C(Cc1ccccc1)C[C@H](O)[C@H](Cc1ccccc1)NC(=O)OC(C)(C)C)C(=O)N[C@@H](Cc1ccccc1)C(=O)N1CCOCC1. The number of nitrogens with zero attached hydrogens (tertiary/aromatic N) is 1. The lowest BCUT2D eigenvalue weighted by atomic mass is 9.88. The molecule has 4 N–H and O–H groups in total. The van der Waals surface area contributed by atoms with E-state index in [1.807, 2.05) is 105 Å². The number of hydrogen-bond donors (Lipinski definition) is 4. The molecule has 53 heavy (non-hydrogen) atoms. The molecule has 0 radical (unpaired) electrons. The van der Waals surface area contributed by atoms with Crippen LogP contribution in [0.2, 0.25) is 0 Å². The van der Waals surface area contributed by atoms with Gasteiger partial charge in [-0.2, -0.15) is 0 Å². The van der Waals surface area contributed by atoms with Crippen molar-refractivity contribution in [3.05, 3.63) is 108 Å². The number of morpholine rings is 1. The second-order valence-electron chi connectivity index (χ2n) is 15.1. The zero-order valence-electron chi connectivity index (χ0n) is 31.6. The van der Waals surface area contributed by atoms with E-state index in [9.17, 15) is 24.3 Å². The molecule has 0 bridgehead atoms. The van der Waals surface area contributed by atoms with Crippen molar-refractivity contribution in [1.82, 2.24) is 20.9 Å². The Hall–Kier alpha value is -4.74. The van der Waals surface area contributed by atoms with Crippen LogP contribution in [0.15, 0.2) is 91.0 Å². The Balaban J connectivity index is 1.55. The van der Waals surface area contributed by atoms with E-state index in [1.165, 1.54) is 0 Å². The third kappa shape index (κ3) is 13.6. The molecule has 286 valence electrons. The van der Waals surface area contributed by atoms with Gasteiger partial charge in [-0.05, 0) is 62.6 Å². The fourth-order valence-corrected chi connectivity index (χ4v) is 6.37. The predicted molar refractivity (Wildman–Crippen MR) is 204 cm³/mol. The van der Waals surface area contributed by atoms with Crippen molar-refractivity contribution in [3.63, 3.8) is 0 Å². The highest BCUT2D eigenvalue weighted by atomic mass is 16.6. The Kier molecular flexibility index (Phi) is 15.4. The summed E-state index contributed by atoms with van der Waals surface area (Å²) in [4.78, 5) is 56.6. The summed E-state index contributed by atoms with van der Waals surface area (Å²) in [7, 11) is 0. The normalized spacial score (nSPS) is 16.1. The van der Waals surface area contributed by atoms with Gasteiger partial charge in [0.05, 0.1) is 25.4 Å². The molecular formula is C42H56N4O7. The quantitative estimate of drug-likeness (QED) is 0.171. The largest absolute Gasteiger partial charge is 0.444 e. The Bertz CT molecular complexity index is 1590. The van der Waals surface area contributed by atoms with Crippen molar-refractivity contribution < 1.29 is 33.8 Å². The van der Waals surface area contributed by atoms with Gasteiger partial charge in [0.2, 0.25) is 17.7 Å². The fourth-order valence-electron chi connectivity index (χ4n) is 6.37. The maximum Gasteiger partial charge on any atom is 0.407 e. The Morgan fingerprint density at radius 2 is 1.25 bits per heavy atom. The van der Waals surface area contributed by atoms with Crippen LogP contribution in [-0.4, -0.2) is 90.0 Å². The highest BCUT2D eigenvalue weighted by Gasteiger charge is 2.35. The fraction of sp³-hybridized carbons (Fsp3) is 0.476. The maximum absolute atomic E-state index is 14.2. The number of rotatable bonds is 16. The van der Waals surface area contributed by atoms with E-state index >= 15 is 0 Å². The van der Waals surface area contributed by atoms with Gasteiger partial charge in [0.25, 0.3) is 0 Å². The Morgan fingerprint density at radius 1 is 0.736 bits per heavy atom. The van der Waals surface area contributed by atoms with Crippen LogP contribution in [0.3, 0.4) is 0 Å². The van der Waals surface area contributed by atoms with Gasteiger partial charge in [0, 0.05) is 25.4 Å². The molecule has 3 aromatic carbocycles. The molecule has 4 amide bonds. The van der Waals surface area contributed by atoms with E-state index in [1.54, 1.807) is 25.7 Å². The van der Waals surface area contributed by atoms with Gasteiger partial charge in [0.15, 0.2) is 0 Å². The van der Waals surface area contributed by atoms with Crippen molar-refractivity contribution in [2.24, 2.45) is 11.8 Å². The van der Waals surface area contributed by atoms with E-state index < -0.39 is 53.7 Å². The van der Waals surface area contributed by atoms with Crippen LogP contribution in [0.5, 0.6) is 0 Å². The van der Waals surface area contributed by atoms with Crippen molar-refractivity contribution >= 4 is 23.8 Å². The molecule has 0 aliphatic carbocycles. The third-order valence-corrected chi connectivity index (χ3v) is 9.15. The molecule has 3 aromatic rings. The van der Waals surface area contributed by atoms with Crippen LogP contribution in [0.4, 0.5) is 4.79 Å². The minimum Gasteiger partial charge on any atom is -0.444 e. The molecule has 1 aliphatic heterocycles. The van der Waals surface area contributed by atoms with E-state index in [0.717, 1.165) is 16.7 Å². The van der Waals surface area contributed by atoms with Crippen LogP contribution in [-0.2, 0) is 43.1 Å². The first-order chi connectivity index (χ1) is 25.3. The molecule has 11 heteroatoms. The molecule has 0 saturated carbocycles. The topological polar surface area (TPSA) is 146 Å². The van der Waals surface area contributed by atoms with Gasteiger partial charge in [-0.25, -0.2) is 4.79 Å². The van der Waals surface area contributed by atoms with Gasteiger partial charge < -0.3 is 35.4 Å². The highest BCUT2D eigenvalue weighted by molar-refractivity contribution is 5.93. The third-order valence-electron chi connectivity index (χ3n) is 9.15. The average Bonchev–Trinajstić information content (AvgIpc) is 3.13. The number of amides is 4.